The van der Waals surface area contributed by atoms with Gasteiger partial charge in [-0.15, -0.1) is 11.3 Å². The third-order valence-corrected chi connectivity index (χ3v) is 11.7. The number of aliphatic hydroxyl groups is 2. The third kappa shape index (κ3) is 3.81. The van der Waals surface area contributed by atoms with Gasteiger partial charge in [-0.25, -0.2) is 0 Å². The molecular weight excluding hydrogens is 444 g/mol. The fourth-order valence-corrected chi connectivity index (χ4v) is 9.53. The lowest BCUT2D eigenvalue weighted by Crippen LogP contribution is -2.56. The van der Waals surface area contributed by atoms with E-state index in [1.807, 2.05) is 12.1 Å². The molecular formula is C29H38O4S. The predicted octanol–water partition coefficient (Wildman–Crippen LogP) is 5.25. The molecule has 2 N–H and O–H groups in total. The zero-order chi connectivity index (χ0) is 24.3. The van der Waals surface area contributed by atoms with Gasteiger partial charge in [0.15, 0.2) is 11.6 Å². The van der Waals surface area contributed by atoms with Gasteiger partial charge in [-0.3, -0.25) is 9.59 Å². The van der Waals surface area contributed by atoms with Gasteiger partial charge in [-0.05, 0) is 111 Å². The molecule has 8 atom stereocenters. The lowest BCUT2D eigenvalue weighted by molar-refractivity contribution is -0.146. The summed E-state index contributed by atoms with van der Waals surface area (Å²) in [7, 11) is 0. The molecule has 0 aromatic carbocycles. The summed E-state index contributed by atoms with van der Waals surface area (Å²) in [6, 6.07) is 3.70. The fourth-order valence-electron chi connectivity index (χ4n) is 8.77. The lowest BCUT2D eigenvalue weighted by atomic mass is 9.44. The molecule has 0 saturated heterocycles. The second-order valence-corrected chi connectivity index (χ2v) is 13.2. The SMILES string of the molecule is CC(=O)c1ccc(C#CC2(O)CC[C@@]3(C)C(CC[C@H]4[C@@H]5CC[C@H](C(=O)CO)[C@@]5(C)CC[C@@H]43)C2)s1. The van der Waals surface area contributed by atoms with E-state index in [1.165, 1.54) is 17.8 Å². The van der Waals surface area contributed by atoms with Crippen molar-refractivity contribution in [2.45, 2.75) is 84.2 Å². The van der Waals surface area contributed by atoms with Crippen LogP contribution in [-0.4, -0.2) is 34.0 Å². The highest BCUT2D eigenvalue weighted by atomic mass is 32.1. The molecule has 0 spiro atoms. The molecule has 5 rings (SSSR count). The van der Waals surface area contributed by atoms with Crippen LogP contribution in [0.1, 0.15) is 93.1 Å². The molecule has 4 aliphatic carbocycles. The van der Waals surface area contributed by atoms with Crippen LogP contribution < -0.4 is 0 Å². The second-order valence-electron chi connectivity index (χ2n) is 12.2. The van der Waals surface area contributed by atoms with Crippen molar-refractivity contribution in [2.75, 3.05) is 6.61 Å². The average molecular weight is 483 g/mol. The Morgan fingerprint density at radius 1 is 1.03 bits per heavy atom. The molecule has 34 heavy (non-hydrogen) atoms. The summed E-state index contributed by atoms with van der Waals surface area (Å²) in [5.41, 5.74) is -0.682. The minimum atomic E-state index is -0.952. The molecule has 0 bridgehead atoms. The number of hydrogen-bond donors (Lipinski definition) is 2. The minimum absolute atomic E-state index is 0.0291. The maximum Gasteiger partial charge on any atom is 0.169 e. The molecule has 4 nitrogen and oxygen atoms in total. The maximum absolute atomic E-state index is 12.5. The standard InChI is InChI=1S/C29H38O4S/c1-18(31)26-9-5-20(34-26)10-13-29(33)15-14-27(2)19(16-29)4-6-21-22-7-8-24(25(32)17-30)28(22,3)12-11-23(21)27/h5,9,19,21-24,30,33H,4,6-8,11-12,14-17H2,1-3H3/t19?,21-,22-,23-,24+,27-,28-,29?/m0/s1. The van der Waals surface area contributed by atoms with Crippen LogP contribution in [0, 0.1) is 52.3 Å². The van der Waals surface area contributed by atoms with Crippen LogP contribution in [0.25, 0.3) is 0 Å². The van der Waals surface area contributed by atoms with Gasteiger partial charge < -0.3 is 10.2 Å². The third-order valence-electron chi connectivity index (χ3n) is 10.6. The molecule has 4 aliphatic rings. The largest absolute Gasteiger partial charge is 0.389 e. The summed E-state index contributed by atoms with van der Waals surface area (Å²) in [6.07, 6.45) is 9.04. The predicted molar refractivity (Wildman–Crippen MR) is 133 cm³/mol. The van der Waals surface area contributed by atoms with Crippen LogP contribution in [0.2, 0.25) is 0 Å². The van der Waals surface area contributed by atoms with Crippen molar-refractivity contribution in [1.82, 2.24) is 0 Å². The van der Waals surface area contributed by atoms with Gasteiger partial charge in [0.25, 0.3) is 0 Å². The molecule has 1 aromatic rings. The molecule has 0 amide bonds. The summed E-state index contributed by atoms with van der Waals surface area (Å²) in [4.78, 5) is 25.6. The van der Waals surface area contributed by atoms with E-state index in [1.54, 1.807) is 6.92 Å². The number of carbonyl (C=O) groups excluding carboxylic acids is 2. The normalized spacial score (nSPS) is 43.1. The number of thiophene rings is 1. The van der Waals surface area contributed by atoms with E-state index >= 15 is 0 Å². The van der Waals surface area contributed by atoms with E-state index in [2.05, 4.69) is 25.7 Å². The van der Waals surface area contributed by atoms with Crippen molar-refractivity contribution < 1.29 is 19.8 Å². The van der Waals surface area contributed by atoms with E-state index in [0.717, 1.165) is 49.8 Å². The summed E-state index contributed by atoms with van der Waals surface area (Å²) in [6.45, 7) is 6.04. The van der Waals surface area contributed by atoms with Crippen LogP contribution >= 0.6 is 11.3 Å². The zero-order valence-electron chi connectivity index (χ0n) is 20.7. The highest BCUT2D eigenvalue weighted by Gasteiger charge is 2.61. The number of rotatable bonds is 3. The Balaban J connectivity index is 1.32. The number of aliphatic hydroxyl groups excluding tert-OH is 1. The highest BCUT2D eigenvalue weighted by Crippen LogP contribution is 2.68. The van der Waals surface area contributed by atoms with E-state index in [9.17, 15) is 19.8 Å². The van der Waals surface area contributed by atoms with Gasteiger partial charge in [0.05, 0.1) is 9.75 Å². The van der Waals surface area contributed by atoms with Crippen molar-refractivity contribution in [3.05, 3.63) is 21.9 Å². The Morgan fingerprint density at radius 2 is 1.79 bits per heavy atom. The number of hydrogen-bond acceptors (Lipinski definition) is 5. The van der Waals surface area contributed by atoms with Crippen molar-refractivity contribution in [3.8, 4) is 11.8 Å². The van der Waals surface area contributed by atoms with Gasteiger partial charge in [0.2, 0.25) is 0 Å². The fraction of sp³-hybridized carbons (Fsp3) is 0.724. The van der Waals surface area contributed by atoms with E-state index in [4.69, 9.17) is 0 Å². The highest BCUT2D eigenvalue weighted by molar-refractivity contribution is 7.14. The van der Waals surface area contributed by atoms with Gasteiger partial charge in [0, 0.05) is 5.92 Å². The summed E-state index contributed by atoms with van der Waals surface area (Å²) in [5.74, 6) is 8.86. The molecule has 1 heterocycles. The van der Waals surface area contributed by atoms with Crippen LogP contribution in [0.4, 0.5) is 0 Å². The topological polar surface area (TPSA) is 74.6 Å². The van der Waals surface area contributed by atoms with E-state index in [0.29, 0.717) is 35.0 Å². The number of ketones is 2. The summed E-state index contributed by atoms with van der Waals surface area (Å²) >= 11 is 1.40. The average Bonchev–Trinajstić information content (AvgIpc) is 3.42. The Bertz CT molecular complexity index is 1050. The summed E-state index contributed by atoms with van der Waals surface area (Å²) in [5, 5.41) is 20.9. The molecule has 0 radical (unpaired) electrons. The first kappa shape index (κ1) is 24.2. The molecule has 2 unspecified atom stereocenters. The van der Waals surface area contributed by atoms with E-state index < -0.39 is 5.60 Å². The van der Waals surface area contributed by atoms with Crippen molar-refractivity contribution in [1.29, 1.82) is 0 Å². The van der Waals surface area contributed by atoms with Crippen molar-refractivity contribution in [3.63, 3.8) is 0 Å². The summed E-state index contributed by atoms with van der Waals surface area (Å²) < 4.78 is 0. The van der Waals surface area contributed by atoms with Crippen LogP contribution in [0.5, 0.6) is 0 Å². The molecule has 184 valence electrons. The Hall–Kier alpha value is -1.48. The van der Waals surface area contributed by atoms with Crippen molar-refractivity contribution >= 4 is 22.9 Å². The van der Waals surface area contributed by atoms with Gasteiger partial charge in [-0.2, -0.15) is 0 Å². The van der Waals surface area contributed by atoms with Gasteiger partial charge >= 0.3 is 0 Å². The van der Waals surface area contributed by atoms with Crippen LogP contribution in [0.3, 0.4) is 0 Å². The molecule has 4 saturated carbocycles. The van der Waals surface area contributed by atoms with Gasteiger partial charge in [-0.1, -0.05) is 25.7 Å². The molecule has 0 aliphatic heterocycles. The Kier molecular flexibility index (Phi) is 6.11. The monoisotopic (exact) mass is 482 g/mol. The van der Waals surface area contributed by atoms with E-state index in [-0.39, 0.29) is 34.9 Å². The minimum Gasteiger partial charge on any atom is -0.389 e. The smallest absolute Gasteiger partial charge is 0.169 e. The van der Waals surface area contributed by atoms with Crippen molar-refractivity contribution in [2.24, 2.45) is 40.4 Å². The maximum atomic E-state index is 12.5. The van der Waals surface area contributed by atoms with Gasteiger partial charge in [0.1, 0.15) is 12.2 Å². The van der Waals surface area contributed by atoms with Crippen LogP contribution in [0.15, 0.2) is 12.1 Å². The molecule has 5 heteroatoms. The number of carbonyl (C=O) groups is 2. The number of Topliss-reactive ketones (excluding diaryl/α,β-unsaturated/α-hetero) is 2. The quantitative estimate of drug-likeness (QED) is 0.456. The lowest BCUT2D eigenvalue weighted by Gasteiger charge is -2.61. The molecule has 1 aromatic heterocycles. The first-order valence-electron chi connectivity index (χ1n) is 13.1. The molecule has 4 fully saturated rings. The Morgan fingerprint density at radius 3 is 2.50 bits per heavy atom. The number of fused-ring (bicyclic) bond motifs is 5. The second kappa shape index (κ2) is 8.57. The first-order valence-corrected chi connectivity index (χ1v) is 13.9. The zero-order valence-corrected chi connectivity index (χ0v) is 21.5. The first-order chi connectivity index (χ1) is 16.1. The Labute approximate surface area is 207 Å². The van der Waals surface area contributed by atoms with Crippen LogP contribution in [-0.2, 0) is 4.79 Å².